The van der Waals surface area contributed by atoms with Crippen LogP contribution in [0.3, 0.4) is 0 Å². The molecular formula is C16H26N4. The van der Waals surface area contributed by atoms with Crippen LogP contribution in [0.2, 0.25) is 0 Å². The van der Waals surface area contributed by atoms with Crippen molar-refractivity contribution in [1.82, 2.24) is 15.6 Å². The van der Waals surface area contributed by atoms with Crippen LogP contribution in [0.15, 0.2) is 24.4 Å². The Hall–Kier alpha value is -1.13. The van der Waals surface area contributed by atoms with Gasteiger partial charge < -0.3 is 15.5 Å². The highest BCUT2D eigenvalue weighted by molar-refractivity contribution is 5.38. The number of pyridine rings is 1. The lowest BCUT2D eigenvalue weighted by molar-refractivity contribution is 0.348. The number of piperidine rings is 1. The van der Waals surface area contributed by atoms with Gasteiger partial charge in [0.2, 0.25) is 0 Å². The smallest absolute Gasteiger partial charge is 0.128 e. The largest absolute Gasteiger partial charge is 0.357 e. The third-order valence-corrected chi connectivity index (χ3v) is 4.52. The van der Waals surface area contributed by atoms with Crippen molar-refractivity contribution in [3.05, 3.63) is 24.4 Å². The van der Waals surface area contributed by atoms with Crippen molar-refractivity contribution in [2.75, 3.05) is 31.1 Å². The van der Waals surface area contributed by atoms with E-state index >= 15 is 0 Å². The molecule has 2 N–H and O–H groups in total. The minimum atomic E-state index is 0.693. The van der Waals surface area contributed by atoms with Gasteiger partial charge in [0.1, 0.15) is 5.82 Å². The predicted octanol–water partition coefficient (Wildman–Crippen LogP) is 1.78. The highest BCUT2D eigenvalue weighted by atomic mass is 15.2. The summed E-state index contributed by atoms with van der Waals surface area (Å²) >= 11 is 0. The van der Waals surface area contributed by atoms with Gasteiger partial charge in [-0.3, -0.25) is 0 Å². The van der Waals surface area contributed by atoms with Crippen molar-refractivity contribution in [1.29, 1.82) is 0 Å². The summed E-state index contributed by atoms with van der Waals surface area (Å²) in [5.74, 6) is 1.13. The predicted molar refractivity (Wildman–Crippen MR) is 83.1 cm³/mol. The number of hydrogen-bond acceptors (Lipinski definition) is 4. The Balaban J connectivity index is 1.46. The van der Waals surface area contributed by atoms with Crippen LogP contribution < -0.4 is 15.5 Å². The first-order valence-electron chi connectivity index (χ1n) is 8.04. The normalized spacial score (nSPS) is 25.4. The summed E-state index contributed by atoms with van der Waals surface area (Å²) in [5, 5.41) is 7.37. The molecule has 0 radical (unpaired) electrons. The van der Waals surface area contributed by atoms with Crippen molar-refractivity contribution >= 4 is 5.82 Å². The molecule has 0 spiro atoms. The minimum absolute atomic E-state index is 0.693. The SMILES string of the molecule is c1ccc(N2CCC(NC3CCCNCC3)CC2)nc1. The first-order chi connectivity index (χ1) is 9.92. The van der Waals surface area contributed by atoms with E-state index in [9.17, 15) is 0 Å². The lowest BCUT2D eigenvalue weighted by Crippen LogP contribution is -2.46. The molecule has 2 fully saturated rings. The average Bonchev–Trinajstić information content (AvgIpc) is 2.78. The van der Waals surface area contributed by atoms with Crippen molar-refractivity contribution in [3.8, 4) is 0 Å². The second-order valence-corrected chi connectivity index (χ2v) is 5.99. The molecule has 0 bridgehead atoms. The van der Waals surface area contributed by atoms with E-state index in [1.54, 1.807) is 0 Å². The van der Waals surface area contributed by atoms with Gasteiger partial charge in [-0.15, -0.1) is 0 Å². The zero-order valence-electron chi connectivity index (χ0n) is 12.2. The molecule has 20 heavy (non-hydrogen) atoms. The van der Waals surface area contributed by atoms with Gasteiger partial charge in [-0.05, 0) is 57.3 Å². The molecule has 0 aliphatic carbocycles. The number of nitrogens with zero attached hydrogens (tertiary/aromatic N) is 2. The Morgan fingerprint density at radius 2 is 1.90 bits per heavy atom. The van der Waals surface area contributed by atoms with Gasteiger partial charge in [-0.25, -0.2) is 4.98 Å². The quantitative estimate of drug-likeness (QED) is 0.881. The van der Waals surface area contributed by atoms with E-state index in [-0.39, 0.29) is 0 Å². The Morgan fingerprint density at radius 3 is 2.70 bits per heavy atom. The van der Waals surface area contributed by atoms with Crippen LogP contribution in [-0.2, 0) is 0 Å². The standard InChI is InChI=1S/C16H26N4/c1-2-10-18-16(5-1)20-12-7-15(8-13-20)19-14-4-3-9-17-11-6-14/h1-2,5,10,14-15,17,19H,3-4,6-9,11-13H2. The lowest BCUT2D eigenvalue weighted by Gasteiger charge is -2.35. The van der Waals surface area contributed by atoms with E-state index < -0.39 is 0 Å². The third-order valence-electron chi connectivity index (χ3n) is 4.52. The van der Waals surface area contributed by atoms with Crippen LogP contribution in [0.5, 0.6) is 0 Å². The topological polar surface area (TPSA) is 40.2 Å². The molecule has 0 amide bonds. The Morgan fingerprint density at radius 1 is 1.05 bits per heavy atom. The molecule has 1 atom stereocenters. The van der Waals surface area contributed by atoms with Crippen molar-refractivity contribution in [2.45, 2.75) is 44.2 Å². The second-order valence-electron chi connectivity index (χ2n) is 5.99. The maximum absolute atomic E-state index is 4.45. The third kappa shape index (κ3) is 3.70. The van der Waals surface area contributed by atoms with E-state index in [4.69, 9.17) is 0 Å². The van der Waals surface area contributed by atoms with Gasteiger partial charge in [0.25, 0.3) is 0 Å². The monoisotopic (exact) mass is 274 g/mol. The minimum Gasteiger partial charge on any atom is -0.357 e. The van der Waals surface area contributed by atoms with Gasteiger partial charge in [0, 0.05) is 31.4 Å². The van der Waals surface area contributed by atoms with E-state index in [1.807, 2.05) is 12.3 Å². The molecule has 4 nitrogen and oxygen atoms in total. The van der Waals surface area contributed by atoms with Gasteiger partial charge in [-0.2, -0.15) is 0 Å². The molecule has 1 aromatic rings. The lowest BCUT2D eigenvalue weighted by atomic mass is 10.0. The number of hydrogen-bond donors (Lipinski definition) is 2. The van der Waals surface area contributed by atoms with E-state index in [0.29, 0.717) is 6.04 Å². The molecule has 3 rings (SSSR count). The number of aromatic nitrogens is 1. The zero-order valence-corrected chi connectivity index (χ0v) is 12.2. The first-order valence-corrected chi connectivity index (χ1v) is 8.04. The van der Waals surface area contributed by atoms with Crippen LogP contribution in [0.1, 0.15) is 32.1 Å². The van der Waals surface area contributed by atoms with Crippen LogP contribution in [0, 0.1) is 0 Å². The highest BCUT2D eigenvalue weighted by Crippen LogP contribution is 2.18. The molecule has 1 unspecified atom stereocenters. The van der Waals surface area contributed by atoms with E-state index in [1.165, 1.54) is 45.2 Å². The molecular weight excluding hydrogens is 248 g/mol. The van der Waals surface area contributed by atoms with Crippen LogP contribution in [0.25, 0.3) is 0 Å². The van der Waals surface area contributed by atoms with Crippen LogP contribution in [-0.4, -0.2) is 43.2 Å². The van der Waals surface area contributed by atoms with E-state index in [0.717, 1.165) is 24.9 Å². The summed E-state index contributed by atoms with van der Waals surface area (Å²) < 4.78 is 0. The second kappa shape index (κ2) is 7.04. The van der Waals surface area contributed by atoms with Crippen molar-refractivity contribution in [2.24, 2.45) is 0 Å². The molecule has 0 saturated carbocycles. The summed E-state index contributed by atoms with van der Waals surface area (Å²) in [4.78, 5) is 6.86. The van der Waals surface area contributed by atoms with Gasteiger partial charge in [0.05, 0.1) is 0 Å². The summed E-state index contributed by atoms with van der Waals surface area (Å²) in [5.41, 5.74) is 0. The van der Waals surface area contributed by atoms with Gasteiger partial charge in [-0.1, -0.05) is 6.07 Å². The molecule has 1 aromatic heterocycles. The number of anilines is 1. The van der Waals surface area contributed by atoms with Crippen molar-refractivity contribution in [3.63, 3.8) is 0 Å². The average molecular weight is 274 g/mol. The fourth-order valence-corrected chi connectivity index (χ4v) is 3.34. The number of rotatable bonds is 3. The molecule has 110 valence electrons. The van der Waals surface area contributed by atoms with E-state index in [2.05, 4.69) is 32.7 Å². The molecule has 2 aliphatic rings. The van der Waals surface area contributed by atoms with Crippen molar-refractivity contribution < 1.29 is 0 Å². The van der Waals surface area contributed by atoms with Gasteiger partial charge >= 0.3 is 0 Å². The Bertz CT molecular complexity index is 379. The summed E-state index contributed by atoms with van der Waals surface area (Å²) in [6.45, 7) is 4.61. The fraction of sp³-hybridized carbons (Fsp3) is 0.688. The molecule has 2 aliphatic heterocycles. The first kappa shape index (κ1) is 13.8. The molecule has 3 heterocycles. The summed E-state index contributed by atoms with van der Waals surface area (Å²) in [7, 11) is 0. The molecule has 2 saturated heterocycles. The maximum atomic E-state index is 4.45. The molecule has 4 heteroatoms. The summed E-state index contributed by atoms with van der Waals surface area (Å²) in [6, 6.07) is 7.59. The number of nitrogens with one attached hydrogen (secondary N) is 2. The molecule has 0 aromatic carbocycles. The van der Waals surface area contributed by atoms with Crippen LogP contribution in [0.4, 0.5) is 5.82 Å². The van der Waals surface area contributed by atoms with Crippen LogP contribution >= 0.6 is 0 Å². The fourth-order valence-electron chi connectivity index (χ4n) is 3.34. The highest BCUT2D eigenvalue weighted by Gasteiger charge is 2.22. The maximum Gasteiger partial charge on any atom is 0.128 e. The summed E-state index contributed by atoms with van der Waals surface area (Å²) in [6.07, 6.45) is 8.28. The zero-order chi connectivity index (χ0) is 13.6. The Labute approximate surface area is 122 Å². The van der Waals surface area contributed by atoms with Gasteiger partial charge in [0.15, 0.2) is 0 Å². The Kier molecular flexibility index (Phi) is 4.87.